The van der Waals surface area contributed by atoms with E-state index in [4.69, 9.17) is 0 Å². The summed E-state index contributed by atoms with van der Waals surface area (Å²) in [6.07, 6.45) is 3.16. The molecule has 0 spiro atoms. The van der Waals surface area contributed by atoms with Crippen LogP contribution in [0.4, 0.5) is 4.79 Å². The van der Waals surface area contributed by atoms with Crippen LogP contribution >= 0.6 is 0 Å². The molecule has 10 heteroatoms. The zero-order valence-electron chi connectivity index (χ0n) is 24.4. The number of carbonyl (C=O) groups is 4. The number of benzene rings is 2. The van der Waals surface area contributed by atoms with Gasteiger partial charge in [-0.25, -0.2) is 4.79 Å². The molecule has 2 aliphatic rings. The molecule has 1 aliphatic heterocycles. The molecule has 2 aromatic carbocycles. The number of rotatable bonds is 12. The van der Waals surface area contributed by atoms with E-state index in [2.05, 4.69) is 33.0 Å². The third-order valence-corrected chi connectivity index (χ3v) is 8.25. The predicted octanol–water partition coefficient (Wildman–Crippen LogP) is 2.91. The standard InChI is InChI=1S/C32H43N5O5/c1-2-28(38)34-27(31(40)37-18-16-36(17-19-37)22-25-8-4-3-5-9-25)20-23-12-14-24(15-13-23)21-33-30(39)29(35-32(41)42)26-10-6-7-11-26/h3-5,8-9,12-15,26-27,29,35H,2,6-7,10-11,16-22H2,1H3,(H,33,39)(H,34,38)(H,41,42)/t27-,29+/m1/s1. The van der Waals surface area contributed by atoms with Crippen LogP contribution in [0, 0.1) is 5.92 Å². The lowest BCUT2D eigenvalue weighted by Gasteiger charge is -2.36. The molecule has 1 aliphatic carbocycles. The van der Waals surface area contributed by atoms with E-state index in [9.17, 15) is 24.3 Å². The first-order valence-corrected chi connectivity index (χ1v) is 15.0. The lowest BCUT2D eigenvalue weighted by atomic mass is 9.97. The SMILES string of the molecule is CCC(=O)N[C@H](Cc1ccc(CNC(=O)[C@@H](NC(=O)O)C2CCCC2)cc1)C(=O)N1CCN(Cc2ccccc2)CC1. The Bertz CT molecular complexity index is 1190. The highest BCUT2D eigenvalue weighted by Gasteiger charge is 2.32. The van der Waals surface area contributed by atoms with Crippen molar-refractivity contribution in [1.29, 1.82) is 0 Å². The first-order chi connectivity index (χ1) is 20.3. The lowest BCUT2D eigenvalue weighted by molar-refractivity contribution is -0.138. The van der Waals surface area contributed by atoms with Gasteiger partial charge in [-0.15, -0.1) is 0 Å². The maximum atomic E-state index is 13.5. The summed E-state index contributed by atoms with van der Waals surface area (Å²) in [7, 11) is 0. The van der Waals surface area contributed by atoms with Gasteiger partial charge in [0, 0.05) is 52.1 Å². The zero-order valence-corrected chi connectivity index (χ0v) is 24.4. The highest BCUT2D eigenvalue weighted by molar-refractivity contribution is 5.88. The van der Waals surface area contributed by atoms with Crippen LogP contribution in [0.25, 0.3) is 0 Å². The van der Waals surface area contributed by atoms with Crippen molar-refractivity contribution >= 4 is 23.8 Å². The van der Waals surface area contributed by atoms with Crippen LogP contribution < -0.4 is 16.0 Å². The quantitative estimate of drug-likeness (QED) is 0.307. The number of piperazine rings is 1. The molecule has 10 nitrogen and oxygen atoms in total. The second-order valence-corrected chi connectivity index (χ2v) is 11.3. The van der Waals surface area contributed by atoms with Crippen molar-refractivity contribution in [3.05, 3.63) is 71.3 Å². The molecular formula is C32H43N5O5. The molecule has 4 amide bonds. The fourth-order valence-electron chi connectivity index (χ4n) is 5.83. The Morgan fingerprint density at radius 3 is 2.12 bits per heavy atom. The molecule has 2 fully saturated rings. The normalized spacial score (nSPS) is 17.3. The maximum absolute atomic E-state index is 13.5. The van der Waals surface area contributed by atoms with Crippen molar-refractivity contribution in [1.82, 2.24) is 25.8 Å². The third-order valence-electron chi connectivity index (χ3n) is 8.25. The van der Waals surface area contributed by atoms with E-state index in [0.717, 1.165) is 56.4 Å². The number of carbonyl (C=O) groups excluding carboxylic acids is 3. The molecule has 4 N–H and O–H groups in total. The topological polar surface area (TPSA) is 131 Å². The highest BCUT2D eigenvalue weighted by Crippen LogP contribution is 2.28. The van der Waals surface area contributed by atoms with Crippen molar-refractivity contribution in [3.8, 4) is 0 Å². The second kappa shape index (κ2) is 15.3. The minimum absolute atomic E-state index is 0.0168. The number of nitrogens with one attached hydrogen (secondary N) is 3. The fraction of sp³-hybridized carbons (Fsp3) is 0.500. The van der Waals surface area contributed by atoms with E-state index in [1.54, 1.807) is 6.92 Å². The minimum Gasteiger partial charge on any atom is -0.465 e. The van der Waals surface area contributed by atoms with Crippen LogP contribution in [0.3, 0.4) is 0 Å². The summed E-state index contributed by atoms with van der Waals surface area (Å²) in [5.74, 6) is -0.535. The zero-order chi connectivity index (χ0) is 29.9. The molecule has 0 aromatic heterocycles. The average molecular weight is 578 g/mol. The van der Waals surface area contributed by atoms with E-state index in [1.807, 2.05) is 47.4 Å². The average Bonchev–Trinajstić information content (AvgIpc) is 3.54. The molecule has 2 atom stereocenters. The van der Waals surface area contributed by atoms with Gasteiger partial charge in [-0.2, -0.15) is 0 Å². The number of nitrogens with zero attached hydrogens (tertiary/aromatic N) is 2. The number of amides is 4. The van der Waals surface area contributed by atoms with Gasteiger partial charge in [-0.05, 0) is 35.4 Å². The summed E-state index contributed by atoms with van der Waals surface area (Å²) in [6.45, 7) is 5.67. The Hall–Kier alpha value is -3.92. The summed E-state index contributed by atoms with van der Waals surface area (Å²) < 4.78 is 0. The second-order valence-electron chi connectivity index (χ2n) is 11.3. The highest BCUT2D eigenvalue weighted by atomic mass is 16.4. The third kappa shape index (κ3) is 9.04. The van der Waals surface area contributed by atoms with E-state index < -0.39 is 18.2 Å². The molecule has 1 saturated carbocycles. The van der Waals surface area contributed by atoms with Gasteiger partial charge >= 0.3 is 6.09 Å². The molecule has 0 bridgehead atoms. The van der Waals surface area contributed by atoms with Crippen LogP contribution in [0.1, 0.15) is 55.7 Å². The predicted molar refractivity (Wildman–Crippen MR) is 159 cm³/mol. The van der Waals surface area contributed by atoms with E-state index in [-0.39, 0.29) is 30.2 Å². The summed E-state index contributed by atoms with van der Waals surface area (Å²) in [5, 5.41) is 17.4. The van der Waals surface area contributed by atoms with Crippen molar-refractivity contribution < 1.29 is 24.3 Å². The largest absolute Gasteiger partial charge is 0.465 e. The Kier molecular flexibility index (Phi) is 11.3. The van der Waals surface area contributed by atoms with Crippen molar-refractivity contribution in [2.75, 3.05) is 26.2 Å². The Morgan fingerprint density at radius 1 is 0.857 bits per heavy atom. The van der Waals surface area contributed by atoms with Crippen LogP contribution in [-0.2, 0) is 33.9 Å². The molecule has 42 heavy (non-hydrogen) atoms. The first kappa shape index (κ1) is 31.0. The van der Waals surface area contributed by atoms with Gasteiger partial charge in [0.05, 0.1) is 0 Å². The monoisotopic (exact) mass is 577 g/mol. The van der Waals surface area contributed by atoms with Gasteiger partial charge < -0.3 is 26.0 Å². The lowest BCUT2D eigenvalue weighted by Crippen LogP contribution is -2.55. The van der Waals surface area contributed by atoms with Gasteiger partial charge in [0.1, 0.15) is 12.1 Å². The van der Waals surface area contributed by atoms with Gasteiger partial charge in [0.25, 0.3) is 0 Å². The number of hydrogen-bond acceptors (Lipinski definition) is 5. The Morgan fingerprint density at radius 2 is 1.50 bits per heavy atom. The minimum atomic E-state index is -1.19. The van der Waals surface area contributed by atoms with Gasteiger partial charge in [0.15, 0.2) is 0 Å². The van der Waals surface area contributed by atoms with Crippen molar-refractivity contribution in [3.63, 3.8) is 0 Å². The van der Waals surface area contributed by atoms with E-state index in [0.29, 0.717) is 25.9 Å². The van der Waals surface area contributed by atoms with Crippen LogP contribution in [0.5, 0.6) is 0 Å². The molecule has 1 saturated heterocycles. The van der Waals surface area contributed by atoms with Gasteiger partial charge in [0.2, 0.25) is 17.7 Å². The number of carboxylic acid groups (broad SMARTS) is 1. The van der Waals surface area contributed by atoms with Gasteiger partial charge in [-0.3, -0.25) is 19.3 Å². The van der Waals surface area contributed by atoms with E-state index >= 15 is 0 Å². The summed E-state index contributed by atoms with van der Waals surface area (Å²) in [4.78, 5) is 54.0. The molecule has 2 aromatic rings. The smallest absolute Gasteiger partial charge is 0.405 e. The van der Waals surface area contributed by atoms with Crippen molar-refractivity contribution in [2.45, 2.75) is 70.6 Å². The first-order valence-electron chi connectivity index (χ1n) is 15.0. The van der Waals surface area contributed by atoms with E-state index in [1.165, 1.54) is 5.56 Å². The Balaban J connectivity index is 1.31. The molecule has 226 valence electrons. The van der Waals surface area contributed by atoms with Crippen LogP contribution in [0.15, 0.2) is 54.6 Å². The van der Waals surface area contributed by atoms with Crippen molar-refractivity contribution in [2.24, 2.45) is 5.92 Å². The molecule has 4 rings (SSSR count). The number of hydrogen-bond donors (Lipinski definition) is 4. The van der Waals surface area contributed by atoms with Crippen LogP contribution in [0.2, 0.25) is 0 Å². The molecule has 1 heterocycles. The summed E-state index contributed by atoms with van der Waals surface area (Å²) >= 11 is 0. The van der Waals surface area contributed by atoms with Gasteiger partial charge in [-0.1, -0.05) is 74.4 Å². The molecule has 0 unspecified atom stereocenters. The Labute approximate surface area is 247 Å². The fourth-order valence-corrected chi connectivity index (χ4v) is 5.83. The van der Waals surface area contributed by atoms with Crippen LogP contribution in [-0.4, -0.2) is 77.0 Å². The summed E-state index contributed by atoms with van der Waals surface area (Å²) in [6, 6.07) is 16.5. The molecular weight excluding hydrogens is 534 g/mol. The summed E-state index contributed by atoms with van der Waals surface area (Å²) in [5.41, 5.74) is 3.01. The molecule has 0 radical (unpaired) electrons. The maximum Gasteiger partial charge on any atom is 0.405 e.